The largest absolute Gasteiger partial charge is 0.480 e. The molecular weight excluding hydrogens is 362 g/mol. The summed E-state index contributed by atoms with van der Waals surface area (Å²) in [6.45, 7) is 2.07. The summed E-state index contributed by atoms with van der Waals surface area (Å²) >= 11 is 0. The molecular formula is C25H47NO3. The van der Waals surface area contributed by atoms with Crippen LogP contribution in [0, 0.1) is 0 Å². The van der Waals surface area contributed by atoms with Gasteiger partial charge in [0.1, 0.15) is 6.54 Å². The molecule has 0 aromatic carbocycles. The van der Waals surface area contributed by atoms with Crippen LogP contribution in [-0.4, -0.2) is 35.5 Å². The van der Waals surface area contributed by atoms with Crippen molar-refractivity contribution in [3.63, 3.8) is 0 Å². The third-order valence-corrected chi connectivity index (χ3v) is 5.45. The van der Waals surface area contributed by atoms with Gasteiger partial charge in [0, 0.05) is 13.5 Å². The van der Waals surface area contributed by atoms with Crippen LogP contribution in [0.5, 0.6) is 0 Å². The summed E-state index contributed by atoms with van der Waals surface area (Å²) in [6, 6.07) is 0. The Balaban J connectivity index is 3.25. The zero-order valence-electron chi connectivity index (χ0n) is 19.3. The molecule has 4 nitrogen and oxygen atoms in total. The first-order valence-corrected chi connectivity index (χ1v) is 12.2. The summed E-state index contributed by atoms with van der Waals surface area (Å²) in [5.74, 6) is -1.02. The lowest BCUT2D eigenvalue weighted by atomic mass is 10.1. The maximum Gasteiger partial charge on any atom is 0.323 e. The molecule has 1 amide bonds. The average molecular weight is 410 g/mol. The van der Waals surface area contributed by atoms with Crippen LogP contribution in [0.1, 0.15) is 122 Å². The van der Waals surface area contributed by atoms with Crippen molar-refractivity contribution < 1.29 is 14.7 Å². The minimum Gasteiger partial charge on any atom is -0.480 e. The summed E-state index contributed by atoms with van der Waals surface area (Å²) in [5, 5.41) is 8.67. The SMILES string of the molecule is CCCCCCCC/C=C/CCCCCCCCCCCC(=O)N(C)CC(=O)O. The second-order valence-electron chi connectivity index (χ2n) is 8.39. The second-order valence-corrected chi connectivity index (χ2v) is 8.39. The average Bonchev–Trinajstić information content (AvgIpc) is 2.69. The number of nitrogens with zero attached hydrogens (tertiary/aromatic N) is 1. The number of likely N-dealkylation sites (N-methyl/N-ethyl adjacent to an activating group) is 1. The van der Waals surface area contributed by atoms with Crippen molar-refractivity contribution in [2.45, 2.75) is 122 Å². The van der Waals surface area contributed by atoms with E-state index >= 15 is 0 Å². The fraction of sp³-hybridized carbons (Fsp3) is 0.840. The maximum absolute atomic E-state index is 11.7. The monoisotopic (exact) mass is 409 g/mol. The highest BCUT2D eigenvalue weighted by Crippen LogP contribution is 2.12. The Hall–Kier alpha value is -1.32. The van der Waals surface area contributed by atoms with E-state index in [0.717, 1.165) is 12.8 Å². The van der Waals surface area contributed by atoms with Crippen LogP contribution in [0.25, 0.3) is 0 Å². The van der Waals surface area contributed by atoms with Crippen molar-refractivity contribution >= 4 is 11.9 Å². The molecule has 0 spiro atoms. The standard InChI is InChI=1S/C25H47NO3/c1-3-4-5-6-7-8-9-10-11-12-13-14-15-16-17-18-19-20-21-22-24(27)26(2)23-25(28)29/h10-11H,3-9,12-23H2,1-2H3,(H,28,29)/b11-10+. The molecule has 0 aromatic heterocycles. The van der Waals surface area contributed by atoms with Gasteiger partial charge in [-0.2, -0.15) is 0 Å². The molecule has 0 rings (SSSR count). The van der Waals surface area contributed by atoms with Crippen LogP contribution in [-0.2, 0) is 9.59 Å². The van der Waals surface area contributed by atoms with Gasteiger partial charge in [0.25, 0.3) is 0 Å². The highest BCUT2D eigenvalue weighted by molar-refractivity contribution is 5.80. The van der Waals surface area contributed by atoms with E-state index in [1.165, 1.54) is 101 Å². The number of rotatable bonds is 21. The fourth-order valence-electron chi connectivity index (χ4n) is 3.54. The number of hydrogen-bond acceptors (Lipinski definition) is 2. The predicted molar refractivity (Wildman–Crippen MR) is 123 cm³/mol. The summed E-state index contributed by atoms with van der Waals surface area (Å²) in [4.78, 5) is 23.6. The predicted octanol–water partition coefficient (Wildman–Crippen LogP) is 7.13. The van der Waals surface area contributed by atoms with Gasteiger partial charge < -0.3 is 10.0 Å². The summed E-state index contributed by atoms with van der Waals surface area (Å²) < 4.78 is 0. The number of hydrogen-bond donors (Lipinski definition) is 1. The lowest BCUT2D eigenvalue weighted by Gasteiger charge is -2.14. The van der Waals surface area contributed by atoms with E-state index in [9.17, 15) is 9.59 Å². The maximum atomic E-state index is 11.7. The van der Waals surface area contributed by atoms with Crippen molar-refractivity contribution in [2.24, 2.45) is 0 Å². The zero-order valence-corrected chi connectivity index (χ0v) is 19.3. The molecule has 0 aliphatic heterocycles. The molecule has 0 fully saturated rings. The fourth-order valence-corrected chi connectivity index (χ4v) is 3.54. The van der Waals surface area contributed by atoms with Gasteiger partial charge >= 0.3 is 5.97 Å². The van der Waals surface area contributed by atoms with Crippen molar-refractivity contribution in [1.29, 1.82) is 0 Å². The van der Waals surface area contributed by atoms with Gasteiger partial charge in [-0.25, -0.2) is 0 Å². The summed E-state index contributed by atoms with van der Waals surface area (Å²) in [7, 11) is 1.56. The van der Waals surface area contributed by atoms with Crippen LogP contribution >= 0.6 is 0 Å². The molecule has 0 saturated carbocycles. The Morgan fingerprint density at radius 1 is 0.690 bits per heavy atom. The Morgan fingerprint density at radius 2 is 1.10 bits per heavy atom. The Morgan fingerprint density at radius 3 is 1.55 bits per heavy atom. The first-order valence-electron chi connectivity index (χ1n) is 12.2. The minimum absolute atomic E-state index is 0.0616. The molecule has 0 radical (unpaired) electrons. The third kappa shape index (κ3) is 21.2. The molecule has 0 aliphatic carbocycles. The van der Waals surface area contributed by atoms with Crippen LogP contribution in [0.15, 0.2) is 12.2 Å². The first-order chi connectivity index (χ1) is 14.1. The minimum atomic E-state index is -0.954. The van der Waals surface area contributed by atoms with E-state index in [2.05, 4.69) is 19.1 Å². The number of amides is 1. The lowest BCUT2D eigenvalue weighted by molar-refractivity contribution is -0.143. The van der Waals surface area contributed by atoms with Crippen molar-refractivity contribution in [1.82, 2.24) is 4.90 Å². The highest BCUT2D eigenvalue weighted by atomic mass is 16.4. The zero-order chi connectivity index (χ0) is 21.6. The van der Waals surface area contributed by atoms with Crippen molar-refractivity contribution in [3.8, 4) is 0 Å². The topological polar surface area (TPSA) is 57.6 Å². The van der Waals surface area contributed by atoms with Gasteiger partial charge in [0.05, 0.1) is 0 Å². The molecule has 0 unspecified atom stereocenters. The second kappa shape index (κ2) is 21.4. The van der Waals surface area contributed by atoms with E-state index in [1.54, 1.807) is 7.05 Å². The molecule has 0 atom stereocenters. The molecule has 0 bridgehead atoms. The van der Waals surface area contributed by atoms with Crippen LogP contribution in [0.4, 0.5) is 0 Å². The Kier molecular flexibility index (Phi) is 20.4. The van der Waals surface area contributed by atoms with Crippen LogP contribution in [0.3, 0.4) is 0 Å². The van der Waals surface area contributed by atoms with Crippen molar-refractivity contribution in [2.75, 3.05) is 13.6 Å². The number of aliphatic carboxylic acids is 1. The molecule has 1 N–H and O–H groups in total. The number of carbonyl (C=O) groups is 2. The van der Waals surface area contributed by atoms with Gasteiger partial charge in [-0.3, -0.25) is 9.59 Å². The van der Waals surface area contributed by atoms with Gasteiger partial charge in [-0.05, 0) is 32.1 Å². The third-order valence-electron chi connectivity index (χ3n) is 5.45. The number of allylic oxidation sites excluding steroid dienone is 2. The van der Waals surface area contributed by atoms with Gasteiger partial charge in [-0.1, -0.05) is 96.1 Å². The molecule has 0 saturated heterocycles. The molecule has 170 valence electrons. The van der Waals surface area contributed by atoms with E-state index in [0.29, 0.717) is 6.42 Å². The summed E-state index contributed by atoms with van der Waals surface area (Å²) in [6.07, 6.45) is 27.0. The van der Waals surface area contributed by atoms with Crippen LogP contribution < -0.4 is 0 Å². The molecule has 4 heteroatoms. The van der Waals surface area contributed by atoms with E-state index < -0.39 is 5.97 Å². The normalized spacial score (nSPS) is 11.2. The number of carbonyl (C=O) groups excluding carboxylic acids is 1. The van der Waals surface area contributed by atoms with E-state index in [4.69, 9.17) is 5.11 Å². The molecule has 0 aromatic rings. The first kappa shape index (κ1) is 27.7. The quantitative estimate of drug-likeness (QED) is 0.162. The number of carboxylic acid groups (broad SMARTS) is 1. The molecule has 0 heterocycles. The number of unbranched alkanes of at least 4 members (excludes halogenated alkanes) is 15. The number of carboxylic acids is 1. The van der Waals surface area contributed by atoms with Gasteiger partial charge in [0.2, 0.25) is 5.91 Å². The van der Waals surface area contributed by atoms with Gasteiger partial charge in [0.15, 0.2) is 0 Å². The Labute approximate surface area is 180 Å². The van der Waals surface area contributed by atoms with Gasteiger partial charge in [-0.15, -0.1) is 0 Å². The highest BCUT2D eigenvalue weighted by Gasteiger charge is 2.10. The van der Waals surface area contributed by atoms with E-state index in [-0.39, 0.29) is 12.5 Å². The van der Waals surface area contributed by atoms with Crippen molar-refractivity contribution in [3.05, 3.63) is 12.2 Å². The van der Waals surface area contributed by atoms with Crippen LogP contribution in [0.2, 0.25) is 0 Å². The molecule has 29 heavy (non-hydrogen) atoms. The Bertz CT molecular complexity index is 420. The lowest BCUT2D eigenvalue weighted by Crippen LogP contribution is -2.31. The smallest absolute Gasteiger partial charge is 0.323 e. The van der Waals surface area contributed by atoms with E-state index in [1.807, 2.05) is 0 Å². The summed E-state index contributed by atoms with van der Waals surface area (Å²) in [5.41, 5.74) is 0. The molecule has 0 aliphatic rings.